The standard InChI is InChI=1S/C12H24N2O3/c1-9(10-4-5-10)14(6-7-17-3)8-11(13-2)12(15)16/h9-11,13H,4-8H2,1-3H3,(H,15,16). The summed E-state index contributed by atoms with van der Waals surface area (Å²) in [6.45, 7) is 4.15. The molecule has 0 radical (unpaired) electrons. The van der Waals surface area contributed by atoms with E-state index in [-0.39, 0.29) is 0 Å². The van der Waals surface area contributed by atoms with E-state index in [4.69, 9.17) is 9.84 Å². The molecule has 0 aromatic carbocycles. The maximum atomic E-state index is 11.0. The van der Waals surface area contributed by atoms with Crippen molar-refractivity contribution in [1.82, 2.24) is 10.2 Å². The number of nitrogens with one attached hydrogen (secondary N) is 1. The fraction of sp³-hybridized carbons (Fsp3) is 0.917. The van der Waals surface area contributed by atoms with Gasteiger partial charge in [-0.3, -0.25) is 9.69 Å². The second kappa shape index (κ2) is 6.93. The third-order valence-corrected chi connectivity index (χ3v) is 3.53. The molecule has 2 atom stereocenters. The van der Waals surface area contributed by atoms with Gasteiger partial charge in [-0.05, 0) is 32.7 Å². The van der Waals surface area contributed by atoms with Crippen molar-refractivity contribution < 1.29 is 14.6 Å². The number of rotatable bonds is 9. The molecule has 1 fully saturated rings. The van der Waals surface area contributed by atoms with E-state index in [1.54, 1.807) is 14.2 Å². The molecule has 0 spiro atoms. The van der Waals surface area contributed by atoms with Crippen LogP contribution in [0.1, 0.15) is 19.8 Å². The summed E-state index contributed by atoms with van der Waals surface area (Å²) in [6, 6.07) is -0.0617. The van der Waals surface area contributed by atoms with Crippen LogP contribution in [0.5, 0.6) is 0 Å². The molecular weight excluding hydrogens is 220 g/mol. The highest BCUT2D eigenvalue weighted by atomic mass is 16.5. The van der Waals surface area contributed by atoms with Crippen molar-refractivity contribution in [3.05, 3.63) is 0 Å². The van der Waals surface area contributed by atoms with E-state index in [1.807, 2.05) is 0 Å². The fourth-order valence-corrected chi connectivity index (χ4v) is 2.07. The third kappa shape index (κ3) is 4.61. The predicted octanol–water partition coefficient (Wildman–Crippen LogP) is 0.406. The van der Waals surface area contributed by atoms with Crippen molar-refractivity contribution in [2.24, 2.45) is 5.92 Å². The van der Waals surface area contributed by atoms with Crippen molar-refractivity contribution in [2.75, 3.05) is 33.9 Å². The lowest BCUT2D eigenvalue weighted by molar-refractivity contribution is -0.140. The molecular formula is C12H24N2O3. The molecule has 0 bridgehead atoms. The Bertz CT molecular complexity index is 244. The topological polar surface area (TPSA) is 61.8 Å². The van der Waals surface area contributed by atoms with Crippen LogP contribution in [0, 0.1) is 5.92 Å². The highest BCUT2D eigenvalue weighted by Crippen LogP contribution is 2.35. The second-order valence-electron chi connectivity index (χ2n) is 4.75. The summed E-state index contributed by atoms with van der Waals surface area (Å²) >= 11 is 0. The van der Waals surface area contributed by atoms with Gasteiger partial charge in [-0.1, -0.05) is 0 Å². The lowest BCUT2D eigenvalue weighted by Crippen LogP contribution is -2.49. The van der Waals surface area contributed by atoms with Crippen LogP contribution in [-0.2, 0) is 9.53 Å². The molecule has 1 aliphatic rings. The van der Waals surface area contributed by atoms with E-state index in [0.717, 1.165) is 12.5 Å². The van der Waals surface area contributed by atoms with Gasteiger partial charge in [0.15, 0.2) is 0 Å². The van der Waals surface area contributed by atoms with E-state index in [0.29, 0.717) is 19.2 Å². The molecule has 100 valence electrons. The van der Waals surface area contributed by atoms with E-state index in [2.05, 4.69) is 17.1 Å². The molecule has 1 rings (SSSR count). The van der Waals surface area contributed by atoms with Gasteiger partial charge in [0.1, 0.15) is 6.04 Å². The van der Waals surface area contributed by atoms with Crippen LogP contribution in [0.15, 0.2) is 0 Å². The number of methoxy groups -OCH3 is 1. The first-order chi connectivity index (χ1) is 8.10. The first kappa shape index (κ1) is 14.4. The van der Waals surface area contributed by atoms with Crippen LogP contribution >= 0.6 is 0 Å². The summed E-state index contributed by atoms with van der Waals surface area (Å²) in [6.07, 6.45) is 2.53. The molecule has 0 aromatic rings. The number of carboxylic acids is 1. The number of aliphatic carboxylic acids is 1. The SMILES string of the molecule is CNC(CN(CCOC)C(C)C1CC1)C(=O)O. The zero-order valence-corrected chi connectivity index (χ0v) is 11.0. The Morgan fingerprint density at radius 3 is 2.65 bits per heavy atom. The van der Waals surface area contributed by atoms with Gasteiger partial charge < -0.3 is 15.2 Å². The highest BCUT2D eigenvalue weighted by molar-refractivity contribution is 5.73. The summed E-state index contributed by atoms with van der Waals surface area (Å²) in [4.78, 5) is 13.2. The van der Waals surface area contributed by atoms with E-state index in [1.165, 1.54) is 12.8 Å². The zero-order valence-electron chi connectivity index (χ0n) is 11.0. The first-order valence-corrected chi connectivity index (χ1v) is 6.23. The van der Waals surface area contributed by atoms with Gasteiger partial charge >= 0.3 is 5.97 Å². The Hall–Kier alpha value is -0.650. The minimum Gasteiger partial charge on any atom is -0.480 e. The molecule has 5 heteroatoms. The number of nitrogens with zero attached hydrogens (tertiary/aromatic N) is 1. The molecule has 0 aliphatic heterocycles. The van der Waals surface area contributed by atoms with Crippen LogP contribution in [0.3, 0.4) is 0 Å². The van der Waals surface area contributed by atoms with Crippen molar-refractivity contribution in [2.45, 2.75) is 31.8 Å². The van der Waals surface area contributed by atoms with Crippen LogP contribution < -0.4 is 5.32 Å². The molecule has 5 nitrogen and oxygen atoms in total. The molecule has 1 saturated carbocycles. The predicted molar refractivity (Wildman–Crippen MR) is 66.1 cm³/mol. The molecule has 2 N–H and O–H groups in total. The monoisotopic (exact) mass is 244 g/mol. The average molecular weight is 244 g/mol. The maximum Gasteiger partial charge on any atom is 0.322 e. The summed E-state index contributed by atoms with van der Waals surface area (Å²) in [7, 11) is 3.36. The second-order valence-corrected chi connectivity index (χ2v) is 4.75. The van der Waals surface area contributed by atoms with Gasteiger partial charge in [-0.15, -0.1) is 0 Å². The lowest BCUT2D eigenvalue weighted by atomic mass is 10.1. The zero-order chi connectivity index (χ0) is 12.8. The highest BCUT2D eigenvalue weighted by Gasteiger charge is 2.33. The molecule has 17 heavy (non-hydrogen) atoms. The molecule has 0 heterocycles. The van der Waals surface area contributed by atoms with E-state index >= 15 is 0 Å². The van der Waals surface area contributed by atoms with Crippen LogP contribution in [-0.4, -0.2) is 61.9 Å². The van der Waals surface area contributed by atoms with Crippen LogP contribution in [0.25, 0.3) is 0 Å². The average Bonchev–Trinajstić information content (AvgIpc) is 3.12. The number of carboxylic acid groups (broad SMARTS) is 1. The van der Waals surface area contributed by atoms with Crippen molar-refractivity contribution in [1.29, 1.82) is 0 Å². The van der Waals surface area contributed by atoms with E-state index in [9.17, 15) is 4.79 Å². The fourth-order valence-electron chi connectivity index (χ4n) is 2.07. The Labute approximate surface area is 103 Å². The number of likely N-dealkylation sites (N-methyl/N-ethyl adjacent to an activating group) is 1. The van der Waals surface area contributed by atoms with Gasteiger partial charge in [0, 0.05) is 26.2 Å². The van der Waals surface area contributed by atoms with Gasteiger partial charge in [0.2, 0.25) is 0 Å². The van der Waals surface area contributed by atoms with Crippen molar-refractivity contribution in [3.8, 4) is 0 Å². The normalized spacial score (nSPS) is 19.3. The summed E-state index contributed by atoms with van der Waals surface area (Å²) in [5.41, 5.74) is 0. The van der Waals surface area contributed by atoms with Gasteiger partial charge in [0.05, 0.1) is 6.61 Å². The Morgan fingerprint density at radius 1 is 1.59 bits per heavy atom. The summed E-state index contributed by atoms with van der Waals surface area (Å²) < 4.78 is 5.09. The van der Waals surface area contributed by atoms with E-state index < -0.39 is 12.0 Å². The molecule has 0 aromatic heterocycles. The maximum absolute atomic E-state index is 11.0. The van der Waals surface area contributed by atoms with Gasteiger partial charge in [-0.2, -0.15) is 0 Å². The number of carbonyl (C=O) groups is 1. The van der Waals surface area contributed by atoms with Crippen LogP contribution in [0.4, 0.5) is 0 Å². The van der Waals surface area contributed by atoms with Gasteiger partial charge in [-0.25, -0.2) is 0 Å². The number of hydrogen-bond donors (Lipinski definition) is 2. The molecule has 0 saturated heterocycles. The first-order valence-electron chi connectivity index (χ1n) is 6.23. The third-order valence-electron chi connectivity index (χ3n) is 3.53. The van der Waals surface area contributed by atoms with Crippen LogP contribution in [0.2, 0.25) is 0 Å². The largest absolute Gasteiger partial charge is 0.480 e. The smallest absolute Gasteiger partial charge is 0.322 e. The molecule has 2 unspecified atom stereocenters. The quantitative estimate of drug-likeness (QED) is 0.615. The minimum absolute atomic E-state index is 0.445. The Balaban J connectivity index is 2.51. The summed E-state index contributed by atoms with van der Waals surface area (Å²) in [5.74, 6) is -0.0592. The van der Waals surface area contributed by atoms with Gasteiger partial charge in [0.25, 0.3) is 0 Å². The Kier molecular flexibility index (Phi) is 5.88. The Morgan fingerprint density at radius 2 is 2.24 bits per heavy atom. The lowest BCUT2D eigenvalue weighted by Gasteiger charge is -2.31. The molecule has 1 aliphatic carbocycles. The minimum atomic E-state index is -0.794. The molecule has 0 amide bonds. The van der Waals surface area contributed by atoms with Crippen molar-refractivity contribution >= 4 is 5.97 Å². The number of ether oxygens (including phenoxy) is 1. The van der Waals surface area contributed by atoms with Crippen molar-refractivity contribution in [3.63, 3.8) is 0 Å². The summed E-state index contributed by atoms with van der Waals surface area (Å²) in [5, 5.41) is 11.9. The number of hydrogen-bond acceptors (Lipinski definition) is 4.